The van der Waals surface area contributed by atoms with Crippen molar-refractivity contribution in [2.45, 2.75) is 399 Å². The Morgan fingerprint density at radius 3 is 1.58 bits per heavy atom. The van der Waals surface area contributed by atoms with Crippen LogP contribution in [0.4, 0.5) is 0 Å². The molecule has 5 fully saturated rings. The highest BCUT2D eigenvalue weighted by Gasteiger charge is 2.53. The number of β-amino-alcohol motifs (C(OH)–C–C–N with tert-alkyl or cyclic N) is 1. The van der Waals surface area contributed by atoms with Crippen molar-refractivity contribution in [3.63, 3.8) is 0 Å². The van der Waals surface area contributed by atoms with Gasteiger partial charge in [0.2, 0.25) is 82.7 Å². The molecule has 7 rings (SSSR count). The third-order valence-corrected chi connectivity index (χ3v) is 29.0. The van der Waals surface area contributed by atoms with Gasteiger partial charge < -0.3 is 166 Å². The Morgan fingerprint density at radius 1 is 0.500 bits per heavy atom. The third kappa shape index (κ3) is 38.1. The van der Waals surface area contributed by atoms with E-state index in [2.05, 4.69) is 99.7 Å². The summed E-state index contributed by atoms with van der Waals surface area (Å²) in [4.78, 5) is 213. The predicted octanol–water partition coefficient (Wildman–Crippen LogP) is -5.02. The number of nitrogens with two attached hydrogens (primary N) is 3. The summed E-state index contributed by atoms with van der Waals surface area (Å²) in [7, 11) is 0. The van der Waals surface area contributed by atoms with E-state index in [0.717, 1.165) is 173 Å². The molecule has 0 aromatic heterocycles. The summed E-state index contributed by atoms with van der Waals surface area (Å²) in [6.45, 7) is 11.6. The van der Waals surface area contributed by atoms with E-state index in [9.17, 15) is 120 Å². The number of likely N-dealkylation sites (tertiary alicyclic amines) is 2. The summed E-state index contributed by atoms with van der Waals surface area (Å²) in [5, 5.41) is 208. The lowest BCUT2D eigenvalue weighted by atomic mass is 9.91. The number of hydrogen-bond acceptors (Lipinski definition) is 34. The molecule has 5 aliphatic heterocycles. The number of nitrogens with one attached hydrogen (secondary N) is 10. The lowest BCUT2D eigenvalue weighted by molar-refractivity contribution is -0.148. The fourth-order valence-electron chi connectivity index (χ4n) is 19.9. The number of aliphatic imine (C=N–C) groups is 1. The fraction of sp³-hybridized carbons (Fsp3) is 0.735. The first kappa shape index (κ1) is 127. The van der Waals surface area contributed by atoms with Crippen molar-refractivity contribution >= 4 is 88.9 Å². The first-order chi connectivity index (χ1) is 71.1. The summed E-state index contributed by atoms with van der Waals surface area (Å²) >= 11 is 0. The van der Waals surface area contributed by atoms with Gasteiger partial charge in [0.05, 0.1) is 67.6 Å². The van der Waals surface area contributed by atoms with Gasteiger partial charge in [-0.2, -0.15) is 0 Å². The SMILES string of the molecule is CCC(C)CC(C)CCCCCCCCC(=O)N[C@H]1C[C@@H](O)[C@@H](NCCN=C[C@@H](O)C[C@@H](NC(=O)CCCCCCCCC(C)CC(C)CC)C(=O)N[C@H](C(=O)N2C[C@H](O)C[C@H]2C(=O)N[C@H](C(=O)N[C@H](C(=O)N2CC[C@H](O)[C@H]2C(N)=O)[C@H](O)CCN)[C@H](O)[C@@H](O)c2ccc(O)cc2)[C@@H](C)O)NC(=O)[C@@H]2[C@@H](O)CCN2C(=O)[C@H]([C@H](O)CCN)NC(=O)[C@H]([C@H](O)[C@@H](O)c2ccc(O)cc2)NC(=O)[C@@H]2C[C@@H](O)CN2C(=O)[C@H]([C@@H](C)O)NC1=O. The standard InChI is InChI=1S/C102H168N18O30/c1-9-54(3)45-56(5)23-19-15-11-13-17-21-25-76(133)108-67(92(140)110-78(58(7)121)99(147)119-52-65(126)48-69(119)94(142)114-82(88(137)86(135)60-27-31-62(123)32-28-60)96(144)112-80(71(128)35-39-103)101(149)117-43-37-73(130)84(117)90(105)139)47-64(125)51-106-41-42-107-91-75(132)50-68(109-77(134)26-22-18-14-12-16-20-24-57(6)46-55(4)10-2)93(141)111-79(59(8)122)100(148)120-53-66(127)49-70(120)95(143)115-83(89(138)87(136)61-29-33-63(124)34-30-61)97(145)113-81(72(129)36-40-104)102(150)118-44-38-74(131)85(118)98(146)116-91/h27-34,51,54-59,64-75,78-89,91,107,121-132,135-138H,9-26,35-50,52-53,103-104H2,1-8H3,(H2,105,139)(H,108,133)(H,109,134)(H,110,140)(H,111,141)(H,112,144)(H,113,145)(H,114,142)(H,115,143)(H,116,146)/t54?,55?,56?,57?,58-,59-,64+,65-,66-,67-,68+,69+,70+,71-,72-,73+,74+,75-,78+,79+,80+,81+,82+,83+,84+,85+,86+,87+,88+,89+,91+/m1/s1. The first-order valence-corrected chi connectivity index (χ1v) is 53.0. The molecule has 5 heterocycles. The lowest BCUT2D eigenvalue weighted by Gasteiger charge is -2.35. The van der Waals surface area contributed by atoms with E-state index in [-0.39, 0.29) is 67.9 Å². The highest BCUT2D eigenvalue weighted by Crippen LogP contribution is 2.32. The second-order valence-corrected chi connectivity index (χ2v) is 41.5. The maximum absolute atomic E-state index is 15.2. The molecule has 2 aromatic rings. The summed E-state index contributed by atoms with van der Waals surface area (Å²) in [5.41, 5.74) is 16.9. The molecule has 846 valence electrons. The molecule has 32 N–H and O–H groups in total. The van der Waals surface area contributed by atoms with Gasteiger partial charge in [-0.25, -0.2) is 0 Å². The Kier molecular flexibility index (Phi) is 52.9. The van der Waals surface area contributed by atoms with E-state index in [1.165, 1.54) is 0 Å². The molecule has 0 radical (unpaired) electrons. The fourth-order valence-corrected chi connectivity index (χ4v) is 19.9. The summed E-state index contributed by atoms with van der Waals surface area (Å²) in [6, 6.07) is -15.2. The van der Waals surface area contributed by atoms with E-state index in [1.807, 2.05) is 0 Å². The molecular weight excluding hydrogens is 1960 g/mol. The highest BCUT2D eigenvalue weighted by molar-refractivity contribution is 6.01. The van der Waals surface area contributed by atoms with Crippen LogP contribution >= 0.6 is 0 Å². The van der Waals surface area contributed by atoms with Gasteiger partial charge in [0.25, 0.3) is 0 Å². The van der Waals surface area contributed by atoms with Gasteiger partial charge >= 0.3 is 0 Å². The van der Waals surface area contributed by atoms with Crippen LogP contribution in [0.2, 0.25) is 0 Å². The molecule has 0 aliphatic carbocycles. The van der Waals surface area contributed by atoms with Crippen LogP contribution in [-0.2, 0) is 67.1 Å². The molecular formula is C102H168N18O30. The Hall–Kier alpha value is -10.4. The topological polar surface area (TPSA) is 786 Å². The zero-order valence-electron chi connectivity index (χ0n) is 87.4. The van der Waals surface area contributed by atoms with Crippen LogP contribution in [0.5, 0.6) is 11.5 Å². The minimum atomic E-state index is -2.42. The smallest absolute Gasteiger partial charge is 0.248 e. The number of hydrogen-bond donors (Lipinski definition) is 29. The van der Waals surface area contributed by atoms with Gasteiger partial charge in [-0.3, -0.25) is 77.4 Å². The second kappa shape index (κ2) is 62.7. The van der Waals surface area contributed by atoms with Gasteiger partial charge in [0, 0.05) is 77.5 Å². The normalized spacial score (nSPS) is 25.8. The van der Waals surface area contributed by atoms with Crippen LogP contribution in [0.25, 0.3) is 0 Å². The number of primary amides is 1. The van der Waals surface area contributed by atoms with Gasteiger partial charge in [0.1, 0.15) is 115 Å². The summed E-state index contributed by atoms with van der Waals surface area (Å²) in [5.74, 6) is -15.3. The van der Waals surface area contributed by atoms with E-state index in [0.29, 0.717) is 54.3 Å². The number of aliphatic hydroxyl groups is 14. The van der Waals surface area contributed by atoms with Gasteiger partial charge in [-0.05, 0) is 137 Å². The highest BCUT2D eigenvalue weighted by atomic mass is 16.3. The molecule has 2 aromatic carbocycles. The average Bonchev–Trinajstić information content (AvgIpc) is 1.64. The van der Waals surface area contributed by atoms with E-state index < -0.39 is 318 Å². The number of aromatic hydroxyl groups is 2. The van der Waals surface area contributed by atoms with Gasteiger partial charge in [-0.1, -0.05) is 156 Å². The summed E-state index contributed by atoms with van der Waals surface area (Å²) < 4.78 is 0. The van der Waals surface area contributed by atoms with E-state index >= 15 is 28.8 Å². The number of aliphatic hydroxyl groups excluding tert-OH is 14. The average molecular weight is 2130 g/mol. The second-order valence-electron chi connectivity index (χ2n) is 41.5. The molecule has 48 heteroatoms. The molecule has 5 aliphatic rings. The van der Waals surface area contributed by atoms with E-state index in [1.54, 1.807) is 0 Å². The number of benzene rings is 2. The van der Waals surface area contributed by atoms with Crippen molar-refractivity contribution in [2.75, 3.05) is 52.4 Å². The number of phenols is 2. The maximum Gasteiger partial charge on any atom is 0.248 e. The molecule has 150 heavy (non-hydrogen) atoms. The van der Waals surface area contributed by atoms with Crippen molar-refractivity contribution in [1.82, 2.24) is 72.8 Å². The van der Waals surface area contributed by atoms with Crippen LogP contribution in [0.1, 0.15) is 259 Å². The van der Waals surface area contributed by atoms with Crippen LogP contribution < -0.4 is 70.4 Å². The van der Waals surface area contributed by atoms with Crippen LogP contribution in [0, 0.1) is 23.7 Å². The van der Waals surface area contributed by atoms with Crippen molar-refractivity contribution in [2.24, 2.45) is 45.9 Å². The van der Waals surface area contributed by atoms with Crippen molar-refractivity contribution < 1.29 is 149 Å². The monoisotopic (exact) mass is 2130 g/mol. The van der Waals surface area contributed by atoms with Crippen LogP contribution in [-0.4, -0.2) is 394 Å². The molecule has 0 spiro atoms. The van der Waals surface area contributed by atoms with Crippen LogP contribution in [0.3, 0.4) is 0 Å². The zero-order chi connectivity index (χ0) is 111. The molecule has 31 atom stereocenters. The predicted molar refractivity (Wildman–Crippen MR) is 545 cm³/mol. The zero-order valence-corrected chi connectivity index (χ0v) is 87.4. The molecule has 0 saturated carbocycles. The van der Waals surface area contributed by atoms with Crippen molar-refractivity contribution in [3.8, 4) is 11.5 Å². The van der Waals surface area contributed by atoms with Gasteiger partial charge in [0.15, 0.2) is 0 Å². The number of carbonyl (C=O) groups is 14. The van der Waals surface area contributed by atoms with Crippen LogP contribution in [0.15, 0.2) is 53.5 Å². The minimum absolute atomic E-state index is 0.145. The third-order valence-electron chi connectivity index (χ3n) is 29.0. The summed E-state index contributed by atoms with van der Waals surface area (Å²) in [6.07, 6.45) is -17.2. The maximum atomic E-state index is 15.2. The molecule has 0 bridgehead atoms. The number of unbranched alkanes of at least 4 members (excludes halogenated alkanes) is 10. The quantitative estimate of drug-likeness (QED) is 0.0218. The number of carbonyl (C=O) groups excluding carboxylic acids is 14. The van der Waals surface area contributed by atoms with E-state index in [4.69, 9.17) is 17.2 Å². The molecule has 14 amide bonds. The minimum Gasteiger partial charge on any atom is -0.508 e. The number of fused-ring (bicyclic) bond motifs is 2. The molecule has 5 saturated heterocycles. The number of phenolic OH excluding ortho intramolecular Hbond substituents is 2. The van der Waals surface area contributed by atoms with Gasteiger partial charge in [-0.15, -0.1) is 0 Å². The molecule has 4 unspecified atom stereocenters. The lowest BCUT2D eigenvalue weighted by Crippen LogP contribution is -2.65. The number of nitrogens with zero attached hydrogens (tertiary/aromatic N) is 5. The Labute approximate surface area is 875 Å². The number of rotatable bonds is 56. The Bertz CT molecular complexity index is 4670. The van der Waals surface area contributed by atoms with Crippen molar-refractivity contribution in [1.29, 1.82) is 0 Å². The van der Waals surface area contributed by atoms with Crippen molar-refractivity contribution in [3.05, 3.63) is 59.7 Å². The number of amides is 14. The largest absolute Gasteiger partial charge is 0.508 e. The Morgan fingerprint density at radius 2 is 1.02 bits per heavy atom. The first-order valence-electron chi connectivity index (χ1n) is 53.0. The molecule has 48 nitrogen and oxygen atoms in total. The Balaban J connectivity index is 1.21.